The van der Waals surface area contributed by atoms with E-state index >= 15 is 0 Å². The fourth-order valence-corrected chi connectivity index (χ4v) is 5.05. The number of hydrogen-bond donors (Lipinski definition) is 0. The predicted octanol–water partition coefficient (Wildman–Crippen LogP) is 9.88. The summed E-state index contributed by atoms with van der Waals surface area (Å²) in [6, 6.07) is 0. The third-order valence-electron chi connectivity index (χ3n) is 7.70. The highest BCUT2D eigenvalue weighted by Crippen LogP contribution is 2.16. The van der Waals surface area contributed by atoms with Gasteiger partial charge in [-0.25, -0.2) is 14.4 Å². The molecule has 7 nitrogen and oxygen atoms in total. The number of carbonyl (C=O) groups is 3. The van der Waals surface area contributed by atoms with Crippen LogP contribution in [-0.2, 0) is 33.3 Å². The van der Waals surface area contributed by atoms with Crippen LogP contribution in [0.3, 0.4) is 0 Å². The monoisotopic (exact) mass is 620 g/mol. The van der Waals surface area contributed by atoms with Gasteiger partial charge in [0.25, 0.3) is 0 Å². The molecule has 0 aromatic heterocycles. The first-order valence-electron chi connectivity index (χ1n) is 17.5. The second-order valence-electron chi connectivity index (χ2n) is 11.7. The van der Waals surface area contributed by atoms with Crippen molar-refractivity contribution in [2.75, 3.05) is 13.2 Å². The maximum atomic E-state index is 11.8. The Balaban J connectivity index is 3.86. The Labute approximate surface area is 269 Å². The van der Waals surface area contributed by atoms with Crippen LogP contribution in [0.15, 0.2) is 38.0 Å². The van der Waals surface area contributed by atoms with Crippen molar-refractivity contribution in [3.63, 3.8) is 0 Å². The average molecular weight is 621 g/mol. The Hall–Kier alpha value is -2.41. The maximum Gasteiger partial charge on any atom is 0.332 e. The van der Waals surface area contributed by atoms with Gasteiger partial charge in [0.15, 0.2) is 6.10 Å². The Morgan fingerprint density at radius 3 is 1.25 bits per heavy atom. The van der Waals surface area contributed by atoms with Gasteiger partial charge in [0.2, 0.25) is 6.29 Å². The van der Waals surface area contributed by atoms with Crippen molar-refractivity contribution < 1.29 is 33.3 Å². The smallest absolute Gasteiger partial charge is 0.332 e. The van der Waals surface area contributed by atoms with Crippen LogP contribution in [0.5, 0.6) is 0 Å². The number of unbranched alkanes of at least 4 members (excludes halogenated alkanes) is 21. The summed E-state index contributed by atoms with van der Waals surface area (Å²) in [5, 5.41) is 0. The summed E-state index contributed by atoms with van der Waals surface area (Å²) in [5.41, 5.74) is 0. The van der Waals surface area contributed by atoms with E-state index in [2.05, 4.69) is 26.7 Å². The quantitative estimate of drug-likeness (QED) is 0.0237. The molecular formula is C37H64O7. The molecule has 44 heavy (non-hydrogen) atoms. The lowest BCUT2D eigenvalue weighted by atomic mass is 10.0. The topological polar surface area (TPSA) is 88.1 Å². The highest BCUT2D eigenvalue weighted by atomic mass is 16.7. The second kappa shape index (κ2) is 32.0. The van der Waals surface area contributed by atoms with Crippen LogP contribution < -0.4 is 0 Å². The van der Waals surface area contributed by atoms with E-state index < -0.39 is 30.3 Å². The third-order valence-corrected chi connectivity index (χ3v) is 7.70. The lowest BCUT2D eigenvalue weighted by Crippen LogP contribution is -2.32. The van der Waals surface area contributed by atoms with Gasteiger partial charge in [0, 0.05) is 24.6 Å². The lowest BCUT2D eigenvalue weighted by Gasteiger charge is -2.22. The SMILES string of the molecule is C=CC(=O)OCC(COC(CCCCCCCCCCCCCCCCCCCCCCCC)OC(=O)C=C)OC(=O)C=C. The van der Waals surface area contributed by atoms with E-state index in [9.17, 15) is 14.4 Å². The zero-order valence-corrected chi connectivity index (χ0v) is 28.0. The fraction of sp³-hybridized carbons (Fsp3) is 0.757. The minimum atomic E-state index is -0.876. The number of carbonyl (C=O) groups excluding carboxylic acids is 3. The maximum absolute atomic E-state index is 11.8. The van der Waals surface area contributed by atoms with Crippen LogP contribution in [0.4, 0.5) is 0 Å². The molecule has 0 spiro atoms. The van der Waals surface area contributed by atoms with Crippen molar-refractivity contribution in [1.29, 1.82) is 0 Å². The van der Waals surface area contributed by atoms with E-state index in [1.807, 2.05) is 0 Å². The van der Waals surface area contributed by atoms with E-state index in [-0.39, 0.29) is 13.2 Å². The van der Waals surface area contributed by atoms with Crippen molar-refractivity contribution in [1.82, 2.24) is 0 Å². The summed E-state index contributed by atoms with van der Waals surface area (Å²) in [4.78, 5) is 34.8. The van der Waals surface area contributed by atoms with Crippen LogP contribution >= 0.6 is 0 Å². The molecule has 254 valence electrons. The Morgan fingerprint density at radius 2 is 0.864 bits per heavy atom. The molecule has 0 fully saturated rings. The van der Waals surface area contributed by atoms with Crippen LogP contribution in [0.2, 0.25) is 0 Å². The van der Waals surface area contributed by atoms with Crippen molar-refractivity contribution in [3.05, 3.63) is 38.0 Å². The summed E-state index contributed by atoms with van der Waals surface area (Å²) in [5.74, 6) is -1.91. The molecule has 2 unspecified atom stereocenters. The van der Waals surface area contributed by atoms with Crippen molar-refractivity contribution >= 4 is 17.9 Å². The van der Waals surface area contributed by atoms with Gasteiger partial charge >= 0.3 is 17.9 Å². The van der Waals surface area contributed by atoms with E-state index in [0.717, 1.165) is 37.5 Å². The number of rotatable bonds is 33. The molecule has 0 saturated heterocycles. The normalized spacial score (nSPS) is 12.2. The van der Waals surface area contributed by atoms with Gasteiger partial charge in [-0.2, -0.15) is 0 Å². The van der Waals surface area contributed by atoms with Crippen molar-refractivity contribution in [3.8, 4) is 0 Å². The highest BCUT2D eigenvalue weighted by Gasteiger charge is 2.20. The van der Waals surface area contributed by atoms with Crippen LogP contribution in [-0.4, -0.2) is 43.5 Å². The largest absolute Gasteiger partial charge is 0.458 e. The van der Waals surface area contributed by atoms with Gasteiger partial charge in [-0.3, -0.25) is 0 Å². The third kappa shape index (κ3) is 28.4. The number of ether oxygens (including phenoxy) is 4. The van der Waals surface area contributed by atoms with E-state index in [0.29, 0.717) is 6.42 Å². The Morgan fingerprint density at radius 1 is 0.500 bits per heavy atom. The van der Waals surface area contributed by atoms with E-state index in [4.69, 9.17) is 18.9 Å². The van der Waals surface area contributed by atoms with Crippen LogP contribution in [0.1, 0.15) is 155 Å². The molecule has 0 aliphatic carbocycles. The summed E-state index contributed by atoms with van der Waals surface area (Å²) >= 11 is 0. The van der Waals surface area contributed by atoms with Gasteiger partial charge in [-0.1, -0.05) is 161 Å². The Kier molecular flexibility index (Phi) is 30.2. The Bertz CT molecular complexity index is 748. The van der Waals surface area contributed by atoms with Crippen molar-refractivity contribution in [2.45, 2.75) is 167 Å². The van der Waals surface area contributed by atoms with E-state index in [1.54, 1.807) is 0 Å². The van der Waals surface area contributed by atoms with Crippen molar-refractivity contribution in [2.24, 2.45) is 0 Å². The minimum absolute atomic E-state index is 0.113. The summed E-state index contributed by atoms with van der Waals surface area (Å²) in [7, 11) is 0. The zero-order valence-electron chi connectivity index (χ0n) is 28.0. The molecule has 0 aliphatic rings. The molecule has 0 saturated carbocycles. The average Bonchev–Trinajstić information content (AvgIpc) is 3.03. The molecule has 0 aromatic rings. The van der Waals surface area contributed by atoms with Crippen LogP contribution in [0.25, 0.3) is 0 Å². The molecule has 7 heteroatoms. The molecule has 0 N–H and O–H groups in total. The van der Waals surface area contributed by atoms with Gasteiger partial charge in [0.05, 0.1) is 6.61 Å². The first-order valence-corrected chi connectivity index (χ1v) is 17.5. The molecule has 0 amide bonds. The molecule has 0 rings (SSSR count). The second-order valence-corrected chi connectivity index (χ2v) is 11.7. The summed E-state index contributed by atoms with van der Waals surface area (Å²) < 4.78 is 21.2. The first kappa shape index (κ1) is 41.6. The number of hydrogen-bond acceptors (Lipinski definition) is 7. The number of esters is 3. The van der Waals surface area contributed by atoms with Gasteiger partial charge < -0.3 is 18.9 Å². The molecule has 0 aliphatic heterocycles. The van der Waals surface area contributed by atoms with Gasteiger partial charge in [-0.15, -0.1) is 0 Å². The molecular weight excluding hydrogens is 556 g/mol. The summed E-state index contributed by atoms with van der Waals surface area (Å²) in [6.07, 6.45) is 31.0. The molecule has 0 radical (unpaired) electrons. The molecule has 0 heterocycles. The molecule has 0 aromatic carbocycles. The van der Waals surface area contributed by atoms with Gasteiger partial charge in [-0.05, 0) is 6.42 Å². The van der Waals surface area contributed by atoms with E-state index in [1.165, 1.54) is 122 Å². The highest BCUT2D eigenvalue weighted by molar-refractivity contribution is 5.82. The molecule has 0 bridgehead atoms. The van der Waals surface area contributed by atoms with Gasteiger partial charge in [0.1, 0.15) is 6.61 Å². The predicted molar refractivity (Wildman–Crippen MR) is 179 cm³/mol. The summed E-state index contributed by atoms with van der Waals surface area (Å²) in [6.45, 7) is 12.1. The lowest BCUT2D eigenvalue weighted by molar-refractivity contribution is -0.187. The standard InChI is InChI=1S/C37H64O7/c1-5-9-10-11-12-13-14-15-16-17-18-19-20-21-22-23-24-25-26-27-28-29-30-37(44-36(40)8-4)42-32-33(43-35(39)7-3)31-41-34(38)6-2/h6-8,33,37H,2-5,9-32H2,1H3. The zero-order chi connectivity index (χ0) is 32.5. The first-order chi connectivity index (χ1) is 21.5. The van der Waals surface area contributed by atoms with Crippen LogP contribution in [0, 0.1) is 0 Å². The molecule has 2 atom stereocenters. The minimum Gasteiger partial charge on any atom is -0.458 e. The fourth-order valence-electron chi connectivity index (χ4n) is 5.05.